The topological polar surface area (TPSA) is 57.8 Å². The predicted molar refractivity (Wildman–Crippen MR) is 114 cm³/mol. The number of hydrogen-bond acceptors (Lipinski definition) is 3. The van der Waals surface area contributed by atoms with E-state index >= 15 is 0 Å². The number of rotatable bonds is 5. The van der Waals surface area contributed by atoms with Crippen molar-refractivity contribution in [2.75, 3.05) is 0 Å². The minimum Gasteiger partial charge on any atom is -0.309 e. The maximum atomic E-state index is 12.3. The van der Waals surface area contributed by atoms with Crippen LogP contribution in [-0.4, -0.2) is 9.97 Å². The van der Waals surface area contributed by atoms with Gasteiger partial charge in [0, 0.05) is 6.04 Å². The summed E-state index contributed by atoms with van der Waals surface area (Å²) in [4.78, 5) is 19.8. The first kappa shape index (κ1) is 18.1. The molecule has 0 aliphatic rings. The van der Waals surface area contributed by atoms with Crippen LogP contribution < -0.4 is 10.9 Å². The Morgan fingerprint density at radius 1 is 0.929 bits per heavy atom. The molecule has 1 unspecified atom stereocenters. The van der Waals surface area contributed by atoms with Gasteiger partial charge in [0.1, 0.15) is 5.82 Å². The zero-order chi connectivity index (χ0) is 19.5. The van der Waals surface area contributed by atoms with Crippen molar-refractivity contribution in [3.63, 3.8) is 0 Å². The van der Waals surface area contributed by atoms with Gasteiger partial charge in [-0.15, -0.1) is 0 Å². The zero-order valence-electron chi connectivity index (χ0n) is 16.1. The van der Waals surface area contributed by atoms with Crippen LogP contribution in [0.3, 0.4) is 0 Å². The van der Waals surface area contributed by atoms with Crippen molar-refractivity contribution in [1.82, 2.24) is 15.3 Å². The highest BCUT2D eigenvalue weighted by Crippen LogP contribution is 2.22. The van der Waals surface area contributed by atoms with Gasteiger partial charge in [0.2, 0.25) is 0 Å². The summed E-state index contributed by atoms with van der Waals surface area (Å²) in [6.45, 7) is 4.59. The predicted octanol–water partition coefficient (Wildman–Crippen LogP) is 4.75. The van der Waals surface area contributed by atoms with Crippen LogP contribution in [0, 0.1) is 6.92 Å². The maximum absolute atomic E-state index is 12.3. The third-order valence-corrected chi connectivity index (χ3v) is 5.08. The molecule has 2 N–H and O–H groups in total. The van der Waals surface area contributed by atoms with Crippen molar-refractivity contribution in [2.45, 2.75) is 26.4 Å². The van der Waals surface area contributed by atoms with Gasteiger partial charge in [-0.1, -0.05) is 66.7 Å². The molecule has 0 radical (unpaired) electrons. The van der Waals surface area contributed by atoms with Crippen LogP contribution in [0.1, 0.15) is 29.9 Å². The summed E-state index contributed by atoms with van der Waals surface area (Å²) in [5.41, 5.74) is 5.29. The van der Waals surface area contributed by atoms with Gasteiger partial charge >= 0.3 is 0 Å². The van der Waals surface area contributed by atoms with Gasteiger partial charge in [0.25, 0.3) is 5.56 Å². The molecule has 1 heterocycles. The standard InChI is InChI=1S/C24H23N3O/c1-16-7-6-10-21-23(16)26-22(27-24(21)28)15-25-17(2)18-11-13-20(14-12-18)19-8-4-3-5-9-19/h3-14,17,25H,15H2,1-2H3,(H,26,27,28). The number of aryl methyl sites for hydroxylation is 1. The van der Waals surface area contributed by atoms with Crippen molar-refractivity contribution in [2.24, 2.45) is 0 Å². The summed E-state index contributed by atoms with van der Waals surface area (Å²) in [5.74, 6) is 0.652. The van der Waals surface area contributed by atoms with E-state index in [0.717, 1.165) is 11.1 Å². The second-order valence-corrected chi connectivity index (χ2v) is 7.07. The van der Waals surface area contributed by atoms with E-state index in [1.165, 1.54) is 16.7 Å². The van der Waals surface area contributed by atoms with E-state index in [1.54, 1.807) is 0 Å². The molecule has 140 valence electrons. The summed E-state index contributed by atoms with van der Waals surface area (Å²) in [6, 6.07) is 24.7. The largest absolute Gasteiger partial charge is 0.309 e. The van der Waals surface area contributed by atoms with E-state index in [4.69, 9.17) is 0 Å². The van der Waals surface area contributed by atoms with E-state index in [-0.39, 0.29) is 11.6 Å². The Hall–Kier alpha value is -3.24. The molecule has 4 rings (SSSR count). The molecule has 0 amide bonds. The number of aromatic amines is 1. The Labute approximate surface area is 164 Å². The smallest absolute Gasteiger partial charge is 0.258 e. The van der Waals surface area contributed by atoms with E-state index < -0.39 is 0 Å². The molecule has 0 aliphatic carbocycles. The third-order valence-electron chi connectivity index (χ3n) is 5.08. The fourth-order valence-corrected chi connectivity index (χ4v) is 3.40. The minimum atomic E-state index is -0.0923. The molecule has 4 heteroatoms. The molecule has 0 bridgehead atoms. The molecule has 0 saturated heterocycles. The maximum Gasteiger partial charge on any atom is 0.258 e. The number of fused-ring (bicyclic) bond motifs is 1. The lowest BCUT2D eigenvalue weighted by molar-refractivity contribution is 0.559. The second-order valence-electron chi connectivity index (χ2n) is 7.07. The van der Waals surface area contributed by atoms with Crippen molar-refractivity contribution in [3.8, 4) is 11.1 Å². The Morgan fingerprint density at radius 2 is 1.64 bits per heavy atom. The van der Waals surface area contributed by atoms with Crippen molar-refractivity contribution in [1.29, 1.82) is 0 Å². The van der Waals surface area contributed by atoms with Crippen molar-refractivity contribution < 1.29 is 0 Å². The van der Waals surface area contributed by atoms with Crippen LogP contribution in [0.25, 0.3) is 22.0 Å². The van der Waals surface area contributed by atoms with Crippen LogP contribution in [0.5, 0.6) is 0 Å². The van der Waals surface area contributed by atoms with Crippen LogP contribution in [0.15, 0.2) is 77.6 Å². The van der Waals surface area contributed by atoms with Gasteiger partial charge in [-0.05, 0) is 42.2 Å². The highest BCUT2D eigenvalue weighted by Gasteiger charge is 2.09. The summed E-state index contributed by atoms with van der Waals surface area (Å²) in [6.07, 6.45) is 0. The molecule has 28 heavy (non-hydrogen) atoms. The summed E-state index contributed by atoms with van der Waals surface area (Å²) < 4.78 is 0. The van der Waals surface area contributed by atoms with Gasteiger partial charge in [0.05, 0.1) is 17.4 Å². The van der Waals surface area contributed by atoms with Crippen LogP contribution in [0.2, 0.25) is 0 Å². The Bertz CT molecular complexity index is 1150. The summed E-state index contributed by atoms with van der Waals surface area (Å²) >= 11 is 0. The number of nitrogens with zero attached hydrogens (tertiary/aromatic N) is 1. The van der Waals surface area contributed by atoms with Crippen molar-refractivity contribution >= 4 is 10.9 Å². The molecule has 0 fully saturated rings. The molecule has 0 aliphatic heterocycles. The molecule has 0 spiro atoms. The molecule has 1 atom stereocenters. The minimum absolute atomic E-state index is 0.0923. The Balaban J connectivity index is 1.49. The number of hydrogen-bond donors (Lipinski definition) is 2. The number of aromatic nitrogens is 2. The number of H-pyrrole nitrogens is 1. The summed E-state index contributed by atoms with van der Waals surface area (Å²) in [5, 5.41) is 4.09. The quantitative estimate of drug-likeness (QED) is 0.534. The van der Waals surface area contributed by atoms with Gasteiger partial charge in [-0.2, -0.15) is 0 Å². The average molecular weight is 369 g/mol. The molecule has 4 nitrogen and oxygen atoms in total. The lowest BCUT2D eigenvalue weighted by Gasteiger charge is -2.15. The average Bonchev–Trinajstić information content (AvgIpc) is 2.73. The lowest BCUT2D eigenvalue weighted by atomic mass is 10.0. The number of para-hydroxylation sites is 1. The third kappa shape index (κ3) is 3.73. The van der Waals surface area contributed by atoms with E-state index in [0.29, 0.717) is 17.8 Å². The van der Waals surface area contributed by atoms with Crippen LogP contribution in [-0.2, 0) is 6.54 Å². The van der Waals surface area contributed by atoms with Gasteiger partial charge in [-0.25, -0.2) is 4.98 Å². The first-order valence-corrected chi connectivity index (χ1v) is 9.49. The summed E-state index contributed by atoms with van der Waals surface area (Å²) in [7, 11) is 0. The van der Waals surface area contributed by atoms with Gasteiger partial charge < -0.3 is 10.3 Å². The fourth-order valence-electron chi connectivity index (χ4n) is 3.40. The molecule has 3 aromatic carbocycles. The van der Waals surface area contributed by atoms with Crippen LogP contribution in [0.4, 0.5) is 0 Å². The normalized spacial score (nSPS) is 12.2. The monoisotopic (exact) mass is 369 g/mol. The second kappa shape index (κ2) is 7.79. The Morgan fingerprint density at radius 3 is 2.39 bits per heavy atom. The lowest BCUT2D eigenvalue weighted by Crippen LogP contribution is -2.22. The van der Waals surface area contributed by atoms with Crippen molar-refractivity contribution in [3.05, 3.63) is 100 Å². The molecule has 4 aromatic rings. The first-order valence-electron chi connectivity index (χ1n) is 9.49. The molecule has 0 saturated carbocycles. The Kier molecular flexibility index (Phi) is 5.04. The number of benzene rings is 3. The van der Waals surface area contributed by atoms with Crippen LogP contribution >= 0.6 is 0 Å². The van der Waals surface area contributed by atoms with E-state index in [9.17, 15) is 4.79 Å². The number of nitrogens with one attached hydrogen (secondary N) is 2. The molecular formula is C24H23N3O. The SMILES string of the molecule is Cc1cccc2c(=O)[nH]c(CNC(C)c3ccc(-c4ccccc4)cc3)nc12. The van der Waals surface area contributed by atoms with Gasteiger partial charge in [0.15, 0.2) is 0 Å². The first-order chi connectivity index (χ1) is 13.6. The molecular weight excluding hydrogens is 346 g/mol. The van der Waals surface area contributed by atoms with E-state index in [2.05, 4.69) is 58.6 Å². The highest BCUT2D eigenvalue weighted by atomic mass is 16.1. The fraction of sp³-hybridized carbons (Fsp3) is 0.167. The zero-order valence-corrected chi connectivity index (χ0v) is 16.1. The van der Waals surface area contributed by atoms with Gasteiger partial charge in [-0.3, -0.25) is 4.79 Å². The molecule has 1 aromatic heterocycles. The highest BCUT2D eigenvalue weighted by molar-refractivity contribution is 5.80. The van der Waals surface area contributed by atoms with E-state index in [1.807, 2.05) is 43.3 Å².